The highest BCUT2D eigenvalue weighted by Crippen LogP contribution is 2.50. The van der Waals surface area contributed by atoms with Gasteiger partial charge in [0.1, 0.15) is 10.7 Å². The van der Waals surface area contributed by atoms with E-state index in [0.29, 0.717) is 28.3 Å². The fourth-order valence-corrected chi connectivity index (χ4v) is 5.10. The predicted octanol–water partition coefficient (Wildman–Crippen LogP) is 5.52. The number of thiophene rings is 1. The number of hydrogen-bond acceptors (Lipinski definition) is 5. The van der Waals surface area contributed by atoms with E-state index in [1.165, 1.54) is 24.3 Å². The number of hydrogen-bond donors (Lipinski definition) is 2. The zero-order valence-electron chi connectivity index (χ0n) is 17.8. The minimum Gasteiger partial charge on any atom is -0.493 e. The second kappa shape index (κ2) is 8.63. The summed E-state index contributed by atoms with van der Waals surface area (Å²) >= 11 is 1.12. The molecule has 0 spiro atoms. The summed E-state index contributed by atoms with van der Waals surface area (Å²) in [6.45, 7) is 3.82. The summed E-state index contributed by atoms with van der Waals surface area (Å²) in [4.78, 5) is 25.5. The van der Waals surface area contributed by atoms with Crippen molar-refractivity contribution in [1.29, 1.82) is 0 Å². The van der Waals surface area contributed by atoms with E-state index >= 15 is 0 Å². The van der Waals surface area contributed by atoms with Gasteiger partial charge in [-0.2, -0.15) is 0 Å². The Bertz CT molecular complexity index is 1190. The third kappa shape index (κ3) is 4.05. The van der Waals surface area contributed by atoms with Gasteiger partial charge in [-0.15, -0.1) is 11.3 Å². The van der Waals surface area contributed by atoms with Crippen LogP contribution in [-0.2, 0) is 4.79 Å². The van der Waals surface area contributed by atoms with Gasteiger partial charge in [-0.3, -0.25) is 4.79 Å². The van der Waals surface area contributed by atoms with E-state index in [4.69, 9.17) is 9.47 Å². The maximum atomic E-state index is 13.5. The summed E-state index contributed by atoms with van der Waals surface area (Å²) in [5.74, 6) is -0.962. The van der Waals surface area contributed by atoms with Gasteiger partial charge < -0.3 is 19.9 Å². The van der Waals surface area contributed by atoms with Crippen LogP contribution in [0.4, 0.5) is 10.1 Å². The van der Waals surface area contributed by atoms with Crippen molar-refractivity contribution < 1.29 is 28.6 Å². The number of fused-ring (bicyclic) bond motifs is 1. The van der Waals surface area contributed by atoms with Crippen molar-refractivity contribution in [2.45, 2.75) is 32.3 Å². The first-order valence-corrected chi connectivity index (χ1v) is 10.9. The number of carbonyl (C=O) groups is 2. The molecule has 3 aromatic rings. The fourth-order valence-electron chi connectivity index (χ4n) is 3.85. The number of carboxylic acids is 1. The molecule has 2 heterocycles. The van der Waals surface area contributed by atoms with E-state index in [2.05, 4.69) is 5.32 Å². The molecule has 0 saturated carbocycles. The molecule has 0 radical (unpaired) electrons. The van der Waals surface area contributed by atoms with Gasteiger partial charge in [0.2, 0.25) is 5.91 Å². The van der Waals surface area contributed by atoms with E-state index in [1.807, 2.05) is 26.0 Å². The molecule has 4 rings (SSSR count). The number of amides is 1. The summed E-state index contributed by atoms with van der Waals surface area (Å²) < 4.78 is 24.7. The summed E-state index contributed by atoms with van der Waals surface area (Å²) in [6.07, 6.45) is 0.0953. The standard InChI is InChI=1S/C24H22FNO5S/c1-12(2)31-18-10-14(6-9-17(18)30-3)16-11-19(27)26-21-20(13-4-7-15(25)8-5-13)23(24(28)29)32-22(16)21/h4-10,12,16H,11H2,1-3H3,(H,26,27)(H,28,29). The van der Waals surface area contributed by atoms with Crippen LogP contribution in [0.1, 0.15) is 46.3 Å². The van der Waals surface area contributed by atoms with Crippen molar-refractivity contribution in [1.82, 2.24) is 0 Å². The molecule has 0 aliphatic carbocycles. The van der Waals surface area contributed by atoms with Gasteiger partial charge in [0.15, 0.2) is 11.5 Å². The number of nitrogens with one attached hydrogen (secondary N) is 1. The number of methoxy groups -OCH3 is 1. The second-order valence-electron chi connectivity index (χ2n) is 7.74. The van der Waals surface area contributed by atoms with Gasteiger partial charge in [-0.05, 0) is 49.2 Å². The number of benzene rings is 2. The highest BCUT2D eigenvalue weighted by atomic mass is 32.1. The van der Waals surface area contributed by atoms with Gasteiger partial charge in [-0.1, -0.05) is 18.2 Å². The Morgan fingerprint density at radius 1 is 1.19 bits per heavy atom. The molecule has 0 fully saturated rings. The predicted molar refractivity (Wildman–Crippen MR) is 121 cm³/mol. The zero-order chi connectivity index (χ0) is 23.0. The van der Waals surface area contributed by atoms with Crippen molar-refractivity contribution in [3.8, 4) is 22.6 Å². The van der Waals surface area contributed by atoms with Crippen molar-refractivity contribution in [3.05, 3.63) is 63.6 Å². The van der Waals surface area contributed by atoms with Gasteiger partial charge in [-0.25, -0.2) is 9.18 Å². The highest BCUT2D eigenvalue weighted by molar-refractivity contribution is 7.15. The van der Waals surface area contributed by atoms with E-state index in [1.54, 1.807) is 13.2 Å². The van der Waals surface area contributed by atoms with E-state index in [-0.39, 0.29) is 29.2 Å². The first kappa shape index (κ1) is 21.8. The number of rotatable bonds is 6. The molecule has 2 N–H and O–H groups in total. The normalized spacial score (nSPS) is 15.3. The quantitative estimate of drug-likeness (QED) is 0.511. The Kier molecular flexibility index (Phi) is 5.88. The van der Waals surface area contributed by atoms with E-state index in [0.717, 1.165) is 21.8 Å². The molecule has 1 aliphatic rings. The molecule has 6 nitrogen and oxygen atoms in total. The van der Waals surface area contributed by atoms with Gasteiger partial charge in [0.25, 0.3) is 0 Å². The van der Waals surface area contributed by atoms with Crippen LogP contribution in [-0.4, -0.2) is 30.2 Å². The lowest BCUT2D eigenvalue weighted by atomic mass is 9.88. The molecule has 1 amide bonds. The van der Waals surface area contributed by atoms with E-state index < -0.39 is 11.8 Å². The van der Waals surface area contributed by atoms with Gasteiger partial charge in [0.05, 0.1) is 18.9 Å². The van der Waals surface area contributed by atoms with Crippen LogP contribution >= 0.6 is 11.3 Å². The van der Waals surface area contributed by atoms with Crippen LogP contribution in [0.3, 0.4) is 0 Å². The molecule has 1 aromatic heterocycles. The summed E-state index contributed by atoms with van der Waals surface area (Å²) in [6, 6.07) is 11.0. The molecule has 1 atom stereocenters. The Morgan fingerprint density at radius 2 is 1.91 bits per heavy atom. The molecule has 0 saturated heterocycles. The molecular weight excluding hydrogens is 433 g/mol. The second-order valence-corrected chi connectivity index (χ2v) is 8.79. The van der Waals surface area contributed by atoms with Crippen LogP contribution in [0.15, 0.2) is 42.5 Å². The third-order valence-electron chi connectivity index (χ3n) is 5.19. The molecule has 0 bridgehead atoms. The van der Waals surface area contributed by atoms with Crippen molar-refractivity contribution in [2.75, 3.05) is 12.4 Å². The number of aromatic carboxylic acids is 1. The number of carboxylic acid groups (broad SMARTS) is 1. The summed E-state index contributed by atoms with van der Waals surface area (Å²) in [5.41, 5.74) is 2.20. The topological polar surface area (TPSA) is 84.9 Å². The van der Waals surface area contributed by atoms with Crippen molar-refractivity contribution >= 4 is 28.9 Å². The molecule has 8 heteroatoms. The summed E-state index contributed by atoms with van der Waals surface area (Å²) in [5, 5.41) is 12.7. The average molecular weight is 456 g/mol. The Morgan fingerprint density at radius 3 is 2.53 bits per heavy atom. The maximum absolute atomic E-state index is 13.5. The first-order chi connectivity index (χ1) is 15.3. The molecule has 1 aliphatic heterocycles. The number of halogens is 1. The fraction of sp³-hybridized carbons (Fsp3) is 0.250. The van der Waals surface area contributed by atoms with Crippen molar-refractivity contribution in [2.24, 2.45) is 0 Å². The zero-order valence-corrected chi connectivity index (χ0v) is 18.6. The lowest BCUT2D eigenvalue weighted by Gasteiger charge is -2.25. The molecule has 1 unspecified atom stereocenters. The Labute approximate surface area is 188 Å². The monoisotopic (exact) mass is 455 g/mol. The Hall–Kier alpha value is -3.39. The van der Waals surface area contributed by atoms with Crippen LogP contribution in [0.5, 0.6) is 11.5 Å². The lowest BCUT2D eigenvalue weighted by molar-refractivity contribution is -0.116. The van der Waals surface area contributed by atoms with Crippen LogP contribution in [0.25, 0.3) is 11.1 Å². The van der Waals surface area contributed by atoms with Crippen LogP contribution in [0.2, 0.25) is 0 Å². The molecule has 2 aromatic carbocycles. The van der Waals surface area contributed by atoms with E-state index in [9.17, 15) is 19.1 Å². The number of ether oxygens (including phenoxy) is 2. The van der Waals surface area contributed by atoms with Gasteiger partial charge >= 0.3 is 5.97 Å². The minimum absolute atomic E-state index is 0.0743. The number of carbonyl (C=O) groups excluding carboxylic acids is 1. The lowest BCUT2D eigenvalue weighted by Crippen LogP contribution is -2.22. The smallest absolute Gasteiger partial charge is 0.346 e. The molecule has 32 heavy (non-hydrogen) atoms. The van der Waals surface area contributed by atoms with Crippen molar-refractivity contribution in [3.63, 3.8) is 0 Å². The SMILES string of the molecule is COc1ccc(C2CC(=O)Nc3c2sc(C(=O)O)c3-c2ccc(F)cc2)cc1OC(C)C. The average Bonchev–Trinajstić information content (AvgIpc) is 3.13. The molecule has 166 valence electrons. The van der Waals surface area contributed by atoms with Crippen LogP contribution < -0.4 is 14.8 Å². The molecular formula is C24H22FNO5S. The Balaban J connectivity index is 1.87. The van der Waals surface area contributed by atoms with Gasteiger partial charge in [0, 0.05) is 22.8 Å². The van der Waals surface area contributed by atoms with Crippen LogP contribution in [0, 0.1) is 5.82 Å². The largest absolute Gasteiger partial charge is 0.493 e. The first-order valence-electron chi connectivity index (χ1n) is 10.1. The summed E-state index contributed by atoms with van der Waals surface area (Å²) in [7, 11) is 1.56. The highest BCUT2D eigenvalue weighted by Gasteiger charge is 2.34. The third-order valence-corrected chi connectivity index (χ3v) is 6.48. The minimum atomic E-state index is -1.10. The number of anilines is 1. The maximum Gasteiger partial charge on any atom is 0.346 e.